The summed E-state index contributed by atoms with van der Waals surface area (Å²) in [6.45, 7) is 6.28. The number of aliphatic hydroxyl groups excluding tert-OH is 1. The molecule has 0 amide bonds. The van der Waals surface area contributed by atoms with Crippen molar-refractivity contribution in [3.8, 4) is 0 Å². The van der Waals surface area contributed by atoms with E-state index in [1.165, 1.54) is 5.57 Å². The second-order valence-electron chi connectivity index (χ2n) is 8.57. The number of hydrogen-bond acceptors (Lipinski definition) is 3. The van der Waals surface area contributed by atoms with Crippen LogP contribution in [-0.2, 0) is 9.53 Å². The smallest absolute Gasteiger partial charge is 0.307 e. The number of carboxylic acid groups (broad SMARTS) is 1. The number of ether oxygens (including phenoxy) is 1. The summed E-state index contributed by atoms with van der Waals surface area (Å²) >= 11 is 0. The van der Waals surface area contributed by atoms with Gasteiger partial charge in [-0.05, 0) is 61.7 Å². The summed E-state index contributed by atoms with van der Waals surface area (Å²) in [6.07, 6.45) is 5.04. The number of fused-ring (bicyclic) bond motifs is 3. The summed E-state index contributed by atoms with van der Waals surface area (Å²) in [4.78, 5) is 12.3. The number of hydrogen-bond donors (Lipinski definition) is 2. The third-order valence-corrected chi connectivity index (χ3v) is 8.04. The molecule has 8 atom stereocenters. The molecule has 0 aromatic carbocycles. The van der Waals surface area contributed by atoms with Crippen molar-refractivity contribution < 1.29 is 19.7 Å². The zero-order chi connectivity index (χ0) is 16.6. The van der Waals surface area contributed by atoms with Gasteiger partial charge in [0.25, 0.3) is 0 Å². The second kappa shape index (κ2) is 4.82. The van der Waals surface area contributed by atoms with Crippen LogP contribution in [0.25, 0.3) is 0 Å². The van der Waals surface area contributed by atoms with Crippen LogP contribution < -0.4 is 0 Å². The molecular formula is C19H28O4. The Morgan fingerprint density at radius 3 is 2.74 bits per heavy atom. The van der Waals surface area contributed by atoms with Crippen LogP contribution in [0, 0.1) is 35.0 Å². The van der Waals surface area contributed by atoms with E-state index in [1.807, 2.05) is 6.92 Å². The number of rotatable bonds is 2. The summed E-state index contributed by atoms with van der Waals surface area (Å²) in [5, 5.41) is 20.6. The minimum Gasteiger partial charge on any atom is -0.481 e. The molecule has 0 saturated heterocycles. The summed E-state index contributed by atoms with van der Waals surface area (Å²) < 4.78 is 6.15. The lowest BCUT2D eigenvalue weighted by atomic mass is 9.62. The summed E-state index contributed by atoms with van der Waals surface area (Å²) in [7, 11) is 1.76. The average Bonchev–Trinajstić information content (AvgIpc) is 2.92. The van der Waals surface area contributed by atoms with Crippen LogP contribution in [0.15, 0.2) is 12.2 Å². The first-order valence-electron chi connectivity index (χ1n) is 9.01. The Morgan fingerprint density at radius 2 is 2.09 bits per heavy atom. The van der Waals surface area contributed by atoms with Crippen LogP contribution in [-0.4, -0.2) is 35.0 Å². The molecule has 2 N–H and O–H groups in total. The fourth-order valence-corrected chi connectivity index (χ4v) is 7.27. The van der Waals surface area contributed by atoms with Crippen LogP contribution in [0.3, 0.4) is 0 Å². The van der Waals surface area contributed by atoms with Crippen molar-refractivity contribution in [3.63, 3.8) is 0 Å². The van der Waals surface area contributed by atoms with Gasteiger partial charge in [-0.2, -0.15) is 0 Å². The highest BCUT2D eigenvalue weighted by Crippen LogP contribution is 2.73. The normalized spacial score (nSPS) is 54.7. The predicted octanol–water partition coefficient (Wildman–Crippen LogP) is 2.86. The summed E-state index contributed by atoms with van der Waals surface area (Å²) in [6, 6.07) is 0. The first-order valence-corrected chi connectivity index (χ1v) is 9.01. The number of methoxy groups -OCH3 is 1. The van der Waals surface area contributed by atoms with Gasteiger partial charge in [-0.25, -0.2) is 0 Å². The Labute approximate surface area is 137 Å². The third kappa shape index (κ3) is 1.72. The maximum absolute atomic E-state index is 12.3. The fraction of sp³-hybridized carbons (Fsp3) is 0.842. The fourth-order valence-electron chi connectivity index (χ4n) is 7.27. The molecule has 2 bridgehead atoms. The number of carbonyl (C=O) groups is 1. The lowest BCUT2D eigenvalue weighted by Gasteiger charge is -2.49. The Kier molecular flexibility index (Phi) is 3.28. The number of allylic oxidation sites excluding steroid dienone is 1. The maximum atomic E-state index is 12.3. The minimum atomic E-state index is -0.699. The zero-order valence-electron chi connectivity index (χ0n) is 14.1. The summed E-state index contributed by atoms with van der Waals surface area (Å²) in [5.41, 5.74) is 0.666. The van der Waals surface area contributed by atoms with E-state index >= 15 is 0 Å². The highest BCUT2D eigenvalue weighted by molar-refractivity contribution is 5.73. The molecule has 4 saturated carbocycles. The quantitative estimate of drug-likeness (QED) is 0.768. The van der Waals surface area contributed by atoms with E-state index in [4.69, 9.17) is 4.74 Å². The minimum absolute atomic E-state index is 0.0305. The van der Waals surface area contributed by atoms with Crippen molar-refractivity contribution in [1.82, 2.24) is 0 Å². The van der Waals surface area contributed by atoms with Gasteiger partial charge in [0.1, 0.15) is 0 Å². The van der Waals surface area contributed by atoms with Crippen molar-refractivity contribution >= 4 is 5.97 Å². The lowest BCUT2D eigenvalue weighted by molar-refractivity contribution is -0.162. The van der Waals surface area contributed by atoms with Crippen LogP contribution >= 0.6 is 0 Å². The third-order valence-electron chi connectivity index (χ3n) is 8.04. The molecule has 4 fully saturated rings. The average molecular weight is 320 g/mol. The highest BCUT2D eigenvalue weighted by atomic mass is 16.5. The van der Waals surface area contributed by atoms with E-state index in [0.717, 1.165) is 38.5 Å². The molecule has 0 aromatic rings. The first kappa shape index (κ1) is 15.6. The van der Waals surface area contributed by atoms with Crippen molar-refractivity contribution in [1.29, 1.82) is 0 Å². The predicted molar refractivity (Wildman–Crippen MR) is 85.8 cm³/mol. The van der Waals surface area contributed by atoms with E-state index in [0.29, 0.717) is 5.92 Å². The second-order valence-corrected chi connectivity index (χ2v) is 8.57. The SMILES string of the molecule is C=C1CC23CC1CCC2C1(OC)CCC(O)C(C)C1C3C(=O)O. The lowest BCUT2D eigenvalue weighted by Crippen LogP contribution is -2.53. The zero-order valence-corrected chi connectivity index (χ0v) is 14.1. The van der Waals surface area contributed by atoms with Crippen molar-refractivity contribution in [2.45, 2.75) is 57.2 Å². The van der Waals surface area contributed by atoms with Crippen LogP contribution in [0.1, 0.15) is 45.4 Å². The molecule has 4 heteroatoms. The van der Waals surface area contributed by atoms with Gasteiger partial charge in [0.05, 0.1) is 17.6 Å². The van der Waals surface area contributed by atoms with E-state index in [2.05, 4.69) is 6.58 Å². The monoisotopic (exact) mass is 320 g/mol. The van der Waals surface area contributed by atoms with E-state index in [1.54, 1.807) is 7.11 Å². The molecule has 23 heavy (non-hydrogen) atoms. The van der Waals surface area contributed by atoms with Gasteiger partial charge in [0.15, 0.2) is 0 Å². The standard InChI is InChI=1S/C19H28O4/c1-10-8-18-9-12(10)4-5-14(18)19(23-3)7-6-13(20)11(2)15(19)16(18)17(21)22/h11-16,20H,1,4-9H2,2-3H3,(H,21,22). The van der Waals surface area contributed by atoms with Crippen LogP contribution in [0.5, 0.6) is 0 Å². The van der Waals surface area contributed by atoms with Crippen molar-refractivity contribution in [2.75, 3.05) is 7.11 Å². The number of aliphatic carboxylic acids is 1. The Bertz CT molecular complexity index is 558. The van der Waals surface area contributed by atoms with Crippen LogP contribution in [0.2, 0.25) is 0 Å². The summed E-state index contributed by atoms with van der Waals surface area (Å²) in [5.74, 6) is -0.464. The molecule has 4 aliphatic carbocycles. The Hall–Kier alpha value is -0.870. The van der Waals surface area contributed by atoms with Gasteiger partial charge in [-0.3, -0.25) is 4.79 Å². The van der Waals surface area contributed by atoms with Gasteiger partial charge in [0.2, 0.25) is 0 Å². The number of carboxylic acids is 1. The first-order chi connectivity index (χ1) is 10.9. The molecule has 1 spiro atoms. The largest absolute Gasteiger partial charge is 0.481 e. The molecule has 4 rings (SSSR count). The molecule has 0 heterocycles. The Balaban J connectivity index is 1.89. The molecular weight excluding hydrogens is 292 g/mol. The van der Waals surface area contributed by atoms with Crippen molar-refractivity contribution in [3.05, 3.63) is 12.2 Å². The van der Waals surface area contributed by atoms with Gasteiger partial charge in [-0.1, -0.05) is 19.1 Å². The van der Waals surface area contributed by atoms with Crippen LogP contribution in [0.4, 0.5) is 0 Å². The molecule has 4 nitrogen and oxygen atoms in total. The molecule has 0 aliphatic heterocycles. The Morgan fingerprint density at radius 1 is 1.35 bits per heavy atom. The van der Waals surface area contributed by atoms with Gasteiger partial charge in [-0.15, -0.1) is 0 Å². The van der Waals surface area contributed by atoms with Gasteiger partial charge in [0, 0.05) is 13.0 Å². The molecule has 4 aliphatic rings. The van der Waals surface area contributed by atoms with Gasteiger partial charge < -0.3 is 14.9 Å². The van der Waals surface area contributed by atoms with E-state index < -0.39 is 18.0 Å². The number of aliphatic hydroxyl groups is 1. The van der Waals surface area contributed by atoms with Crippen molar-refractivity contribution in [2.24, 2.45) is 35.0 Å². The maximum Gasteiger partial charge on any atom is 0.307 e. The molecule has 0 aromatic heterocycles. The van der Waals surface area contributed by atoms with E-state index in [-0.39, 0.29) is 28.8 Å². The van der Waals surface area contributed by atoms with E-state index in [9.17, 15) is 15.0 Å². The molecule has 128 valence electrons. The van der Waals surface area contributed by atoms with Gasteiger partial charge >= 0.3 is 5.97 Å². The molecule has 0 radical (unpaired) electrons. The molecule has 8 unspecified atom stereocenters. The highest BCUT2D eigenvalue weighted by Gasteiger charge is 2.74. The topological polar surface area (TPSA) is 66.8 Å².